The molecule has 0 unspecified atom stereocenters. The maximum Gasteiger partial charge on any atom is 0.228 e. The number of benzene rings is 1. The molecule has 0 aliphatic carbocycles. The summed E-state index contributed by atoms with van der Waals surface area (Å²) < 4.78 is 0. The molecule has 5 heteroatoms. The highest BCUT2D eigenvalue weighted by atomic mass is 16.1. The molecule has 0 fully saturated rings. The summed E-state index contributed by atoms with van der Waals surface area (Å²) in [6, 6.07) is 7.70. The highest BCUT2D eigenvalue weighted by Gasteiger charge is 2.09. The zero-order valence-electron chi connectivity index (χ0n) is 11.4. The van der Waals surface area contributed by atoms with Gasteiger partial charge < -0.3 is 10.3 Å². The second-order valence-corrected chi connectivity index (χ2v) is 5.00. The zero-order chi connectivity index (χ0) is 14.1. The third kappa shape index (κ3) is 2.42. The van der Waals surface area contributed by atoms with Crippen molar-refractivity contribution in [2.45, 2.75) is 20.3 Å². The lowest BCUT2D eigenvalue weighted by atomic mass is 10.1. The van der Waals surface area contributed by atoms with Crippen LogP contribution in [0.15, 0.2) is 30.5 Å². The summed E-state index contributed by atoms with van der Waals surface area (Å²) in [5.74, 6) is -0.0223. The van der Waals surface area contributed by atoms with E-state index in [0.717, 1.165) is 33.5 Å². The van der Waals surface area contributed by atoms with Crippen molar-refractivity contribution < 1.29 is 4.79 Å². The number of aromatic nitrogens is 3. The second kappa shape index (κ2) is 4.85. The topological polar surface area (TPSA) is 73.6 Å². The summed E-state index contributed by atoms with van der Waals surface area (Å²) in [5, 5.41) is 10.8. The van der Waals surface area contributed by atoms with Gasteiger partial charge in [0, 0.05) is 22.5 Å². The summed E-state index contributed by atoms with van der Waals surface area (Å²) in [4.78, 5) is 15.3. The first-order valence-corrected chi connectivity index (χ1v) is 6.50. The number of aromatic amines is 2. The van der Waals surface area contributed by atoms with E-state index >= 15 is 0 Å². The Labute approximate surface area is 116 Å². The first kappa shape index (κ1) is 12.5. The predicted molar refractivity (Wildman–Crippen MR) is 78.7 cm³/mol. The van der Waals surface area contributed by atoms with Crippen LogP contribution in [0, 0.1) is 13.8 Å². The number of carbonyl (C=O) groups excluding carboxylic acids is 1. The molecule has 2 heterocycles. The number of nitrogens with one attached hydrogen (secondary N) is 3. The molecule has 0 radical (unpaired) electrons. The fourth-order valence-corrected chi connectivity index (χ4v) is 2.36. The van der Waals surface area contributed by atoms with Crippen LogP contribution in [-0.4, -0.2) is 21.1 Å². The van der Waals surface area contributed by atoms with E-state index in [9.17, 15) is 4.79 Å². The predicted octanol–water partition coefficient (Wildman–Crippen LogP) is 2.69. The molecule has 3 aromatic rings. The van der Waals surface area contributed by atoms with Gasteiger partial charge in [-0.2, -0.15) is 5.10 Å². The maximum atomic E-state index is 12.1. The van der Waals surface area contributed by atoms with Crippen molar-refractivity contribution in [1.29, 1.82) is 0 Å². The van der Waals surface area contributed by atoms with E-state index in [-0.39, 0.29) is 5.91 Å². The monoisotopic (exact) mass is 268 g/mol. The molecule has 3 rings (SSSR count). The van der Waals surface area contributed by atoms with Crippen molar-refractivity contribution in [2.75, 3.05) is 5.32 Å². The van der Waals surface area contributed by atoms with Crippen LogP contribution in [0.4, 0.5) is 5.69 Å². The van der Waals surface area contributed by atoms with Gasteiger partial charge in [0.25, 0.3) is 0 Å². The van der Waals surface area contributed by atoms with Crippen LogP contribution in [0.2, 0.25) is 0 Å². The number of hydrogen-bond acceptors (Lipinski definition) is 2. The molecular weight excluding hydrogens is 252 g/mol. The molecule has 1 amide bonds. The van der Waals surface area contributed by atoms with Crippen molar-refractivity contribution in [2.24, 2.45) is 0 Å². The van der Waals surface area contributed by atoms with E-state index in [1.807, 2.05) is 38.1 Å². The van der Waals surface area contributed by atoms with Gasteiger partial charge in [-0.3, -0.25) is 9.89 Å². The Kier molecular flexibility index (Phi) is 3.02. The Balaban J connectivity index is 1.73. The largest absolute Gasteiger partial charge is 0.362 e. The molecule has 2 aromatic heterocycles. The van der Waals surface area contributed by atoms with Crippen LogP contribution in [0.25, 0.3) is 10.9 Å². The van der Waals surface area contributed by atoms with Crippen molar-refractivity contribution in [1.82, 2.24) is 15.2 Å². The average molecular weight is 268 g/mol. The number of H-pyrrole nitrogens is 2. The quantitative estimate of drug-likeness (QED) is 0.683. The molecule has 0 saturated heterocycles. The third-order valence-corrected chi connectivity index (χ3v) is 3.33. The van der Waals surface area contributed by atoms with E-state index in [1.165, 1.54) is 0 Å². The summed E-state index contributed by atoms with van der Waals surface area (Å²) in [6.07, 6.45) is 2.13. The summed E-state index contributed by atoms with van der Waals surface area (Å²) in [5.41, 5.74) is 4.83. The maximum absolute atomic E-state index is 12.1. The number of amides is 1. The molecule has 0 saturated carbocycles. The van der Waals surface area contributed by atoms with Crippen LogP contribution in [0.5, 0.6) is 0 Å². The van der Waals surface area contributed by atoms with Gasteiger partial charge in [-0.1, -0.05) is 0 Å². The number of anilines is 1. The van der Waals surface area contributed by atoms with E-state index in [4.69, 9.17) is 0 Å². The molecule has 0 aliphatic heterocycles. The molecule has 0 aliphatic rings. The highest BCUT2D eigenvalue weighted by molar-refractivity contribution is 5.94. The number of aryl methyl sites for hydroxylation is 2. The number of rotatable bonds is 3. The Hall–Kier alpha value is -2.56. The molecular formula is C15H16N4O. The van der Waals surface area contributed by atoms with Crippen molar-refractivity contribution >= 4 is 22.5 Å². The number of fused-ring (bicyclic) bond motifs is 1. The van der Waals surface area contributed by atoms with E-state index in [2.05, 4.69) is 20.5 Å². The first-order valence-electron chi connectivity index (χ1n) is 6.50. The molecule has 5 nitrogen and oxygen atoms in total. The highest BCUT2D eigenvalue weighted by Crippen LogP contribution is 2.17. The summed E-state index contributed by atoms with van der Waals surface area (Å²) in [6.45, 7) is 3.97. The second-order valence-electron chi connectivity index (χ2n) is 5.00. The minimum absolute atomic E-state index is 0.0223. The minimum atomic E-state index is -0.0223. The zero-order valence-corrected chi connectivity index (χ0v) is 11.4. The van der Waals surface area contributed by atoms with Crippen molar-refractivity contribution in [3.05, 3.63) is 47.4 Å². The smallest absolute Gasteiger partial charge is 0.228 e. The van der Waals surface area contributed by atoms with Crippen LogP contribution >= 0.6 is 0 Å². The van der Waals surface area contributed by atoms with Gasteiger partial charge in [0.1, 0.15) is 0 Å². The fraction of sp³-hybridized carbons (Fsp3) is 0.200. The van der Waals surface area contributed by atoms with Crippen molar-refractivity contribution in [3.63, 3.8) is 0 Å². The van der Waals surface area contributed by atoms with E-state index in [1.54, 1.807) is 6.20 Å². The standard InChI is InChI=1S/C15H16N4O/c1-9-5-12(10(2)17-9)6-15(20)18-13-4-3-11-8-16-19-14(11)7-13/h3-5,7-8,17H,6H2,1-2H3,(H,16,19)(H,18,20). The van der Waals surface area contributed by atoms with Gasteiger partial charge in [-0.25, -0.2) is 0 Å². The Bertz CT molecular complexity index is 769. The fourth-order valence-electron chi connectivity index (χ4n) is 2.36. The normalized spacial score (nSPS) is 10.9. The first-order chi connectivity index (χ1) is 9.61. The molecule has 0 bridgehead atoms. The van der Waals surface area contributed by atoms with Gasteiger partial charge in [-0.05, 0) is 43.7 Å². The van der Waals surface area contributed by atoms with Gasteiger partial charge in [0.05, 0.1) is 18.1 Å². The SMILES string of the molecule is Cc1cc(CC(=O)Nc2ccc3cn[nH]c3c2)c(C)[nH]1. The Morgan fingerprint density at radius 2 is 2.15 bits per heavy atom. The van der Waals surface area contributed by atoms with Crippen LogP contribution in [0.1, 0.15) is 17.0 Å². The molecule has 20 heavy (non-hydrogen) atoms. The van der Waals surface area contributed by atoms with Crippen LogP contribution in [0.3, 0.4) is 0 Å². The third-order valence-electron chi connectivity index (χ3n) is 3.33. The lowest BCUT2D eigenvalue weighted by Gasteiger charge is -2.05. The van der Waals surface area contributed by atoms with Gasteiger partial charge in [0.15, 0.2) is 0 Å². The van der Waals surface area contributed by atoms with Crippen molar-refractivity contribution in [3.8, 4) is 0 Å². The van der Waals surface area contributed by atoms with Crippen LogP contribution < -0.4 is 5.32 Å². The lowest BCUT2D eigenvalue weighted by Crippen LogP contribution is -2.14. The molecule has 0 atom stereocenters. The Morgan fingerprint density at radius 3 is 2.90 bits per heavy atom. The number of nitrogens with zero attached hydrogens (tertiary/aromatic N) is 1. The van der Waals surface area contributed by atoms with E-state index in [0.29, 0.717) is 6.42 Å². The van der Waals surface area contributed by atoms with Gasteiger partial charge in [0.2, 0.25) is 5.91 Å². The van der Waals surface area contributed by atoms with Crippen LogP contribution in [-0.2, 0) is 11.2 Å². The Morgan fingerprint density at radius 1 is 1.30 bits per heavy atom. The summed E-state index contributed by atoms with van der Waals surface area (Å²) in [7, 11) is 0. The summed E-state index contributed by atoms with van der Waals surface area (Å²) >= 11 is 0. The van der Waals surface area contributed by atoms with Gasteiger partial charge in [-0.15, -0.1) is 0 Å². The lowest BCUT2D eigenvalue weighted by molar-refractivity contribution is -0.115. The molecule has 1 aromatic carbocycles. The average Bonchev–Trinajstić information content (AvgIpc) is 2.96. The molecule has 102 valence electrons. The number of hydrogen-bond donors (Lipinski definition) is 3. The van der Waals surface area contributed by atoms with E-state index < -0.39 is 0 Å². The number of carbonyl (C=O) groups is 1. The van der Waals surface area contributed by atoms with Gasteiger partial charge >= 0.3 is 0 Å². The minimum Gasteiger partial charge on any atom is -0.362 e. The molecule has 3 N–H and O–H groups in total. The molecule has 0 spiro atoms.